The molecule has 0 radical (unpaired) electrons. The number of rotatable bonds is 5. The molecule has 1 fully saturated rings. The third kappa shape index (κ3) is 5.43. The summed E-state index contributed by atoms with van der Waals surface area (Å²) in [6, 6.07) is 15.9. The van der Waals surface area contributed by atoms with Crippen LogP contribution < -0.4 is 5.32 Å². The smallest absolute Gasteiger partial charge is 0.409 e. The molecule has 0 unspecified atom stereocenters. The van der Waals surface area contributed by atoms with Crippen LogP contribution in [0.4, 0.5) is 9.59 Å². The van der Waals surface area contributed by atoms with E-state index >= 15 is 0 Å². The number of ether oxygens (including phenoxy) is 3. The lowest BCUT2D eigenvalue weighted by Crippen LogP contribution is -2.61. The average molecular weight is 515 g/mol. The minimum atomic E-state index is -1.34. The van der Waals surface area contributed by atoms with Crippen LogP contribution in [-0.2, 0) is 19.0 Å². The van der Waals surface area contributed by atoms with Gasteiger partial charge in [-0.15, -0.1) is 0 Å². The van der Waals surface area contributed by atoms with Crippen LogP contribution >= 0.6 is 11.6 Å². The molecule has 2 aromatic rings. The number of carbonyl (C=O) groups is 3. The van der Waals surface area contributed by atoms with E-state index in [1.54, 1.807) is 20.8 Å². The number of esters is 1. The number of nitrogens with zero attached hydrogens (tertiary/aromatic N) is 1. The Hall–Kier alpha value is -3.26. The highest BCUT2D eigenvalue weighted by Crippen LogP contribution is 2.44. The number of amides is 2. The van der Waals surface area contributed by atoms with Crippen LogP contribution in [0.25, 0.3) is 11.1 Å². The molecule has 0 atom stereocenters. The van der Waals surface area contributed by atoms with Crippen LogP contribution in [0.15, 0.2) is 48.5 Å². The third-order valence-electron chi connectivity index (χ3n) is 6.53. The van der Waals surface area contributed by atoms with Crippen molar-refractivity contribution >= 4 is 29.8 Å². The Morgan fingerprint density at radius 2 is 1.53 bits per heavy atom. The highest BCUT2D eigenvalue weighted by Gasteiger charge is 2.46. The minimum Gasteiger partial charge on any atom is -0.448 e. The van der Waals surface area contributed by atoms with Gasteiger partial charge >= 0.3 is 18.2 Å². The van der Waals surface area contributed by atoms with Crippen molar-refractivity contribution in [2.75, 3.05) is 25.8 Å². The number of piperidine rings is 1. The summed E-state index contributed by atoms with van der Waals surface area (Å²) in [4.78, 5) is 39.6. The van der Waals surface area contributed by atoms with Gasteiger partial charge in [0.1, 0.15) is 17.7 Å². The summed E-state index contributed by atoms with van der Waals surface area (Å²) < 4.78 is 16.1. The summed E-state index contributed by atoms with van der Waals surface area (Å²) >= 11 is 5.60. The van der Waals surface area contributed by atoms with Gasteiger partial charge in [0.15, 0.2) is 6.07 Å². The molecule has 2 aliphatic rings. The number of alkyl carbamates (subject to hydrolysis) is 1. The molecule has 1 N–H and O–H groups in total. The Morgan fingerprint density at radius 1 is 0.972 bits per heavy atom. The van der Waals surface area contributed by atoms with Crippen molar-refractivity contribution in [1.29, 1.82) is 0 Å². The summed E-state index contributed by atoms with van der Waals surface area (Å²) in [5, 5.41) is 2.66. The number of hydrogen-bond acceptors (Lipinski definition) is 6. The lowest BCUT2D eigenvalue weighted by molar-refractivity contribution is -0.151. The first-order chi connectivity index (χ1) is 17.1. The number of likely N-dealkylation sites (tertiary alicyclic amines) is 1. The number of carbonyl (C=O) groups excluding carboxylic acids is 3. The third-order valence-corrected chi connectivity index (χ3v) is 6.64. The van der Waals surface area contributed by atoms with E-state index in [1.807, 2.05) is 24.3 Å². The second-order valence-corrected chi connectivity index (χ2v) is 10.3. The van der Waals surface area contributed by atoms with Gasteiger partial charge in [0, 0.05) is 19.0 Å². The van der Waals surface area contributed by atoms with Crippen molar-refractivity contribution in [3.63, 3.8) is 0 Å². The maximum Gasteiger partial charge on any atom is 0.409 e. The van der Waals surface area contributed by atoms with E-state index in [2.05, 4.69) is 29.6 Å². The number of hydrogen-bond donors (Lipinski definition) is 1. The molecule has 2 aromatic carbocycles. The normalized spacial score (nSPS) is 16.5. The van der Waals surface area contributed by atoms with Gasteiger partial charge < -0.3 is 24.4 Å². The molecule has 0 bridgehead atoms. The predicted octanol–water partition coefficient (Wildman–Crippen LogP) is 5.03. The van der Waals surface area contributed by atoms with Crippen LogP contribution in [0.3, 0.4) is 0 Å². The molecule has 0 aromatic heterocycles. The summed E-state index contributed by atoms with van der Waals surface area (Å²) in [7, 11) is 0. The zero-order valence-electron chi connectivity index (χ0n) is 20.7. The fraction of sp³-hybridized carbons (Fsp3) is 0.444. The molecule has 4 rings (SSSR count). The van der Waals surface area contributed by atoms with Crippen LogP contribution in [0.1, 0.15) is 50.7 Å². The zero-order valence-corrected chi connectivity index (χ0v) is 21.5. The Morgan fingerprint density at radius 3 is 2.06 bits per heavy atom. The zero-order chi connectivity index (χ0) is 25.9. The van der Waals surface area contributed by atoms with Gasteiger partial charge in [0.05, 0.1) is 0 Å². The minimum absolute atomic E-state index is 0.0437. The molecule has 1 saturated heterocycles. The van der Waals surface area contributed by atoms with Crippen molar-refractivity contribution in [3.05, 3.63) is 59.7 Å². The van der Waals surface area contributed by atoms with Gasteiger partial charge in [-0.25, -0.2) is 14.4 Å². The number of halogens is 1. The molecular formula is C27H31ClN2O6. The quantitative estimate of drug-likeness (QED) is 0.341. The topological polar surface area (TPSA) is 94.2 Å². The summed E-state index contributed by atoms with van der Waals surface area (Å²) in [6.07, 6.45) is -0.907. The molecule has 1 aliphatic heterocycles. The Bertz CT molecular complexity index is 1090. The van der Waals surface area contributed by atoms with E-state index in [0.29, 0.717) is 0 Å². The summed E-state index contributed by atoms with van der Waals surface area (Å²) in [5.74, 6) is -0.701. The maximum atomic E-state index is 12.9. The molecule has 1 heterocycles. The fourth-order valence-corrected chi connectivity index (χ4v) is 4.92. The molecule has 0 spiro atoms. The monoisotopic (exact) mass is 514 g/mol. The average Bonchev–Trinajstić information content (AvgIpc) is 3.15. The van der Waals surface area contributed by atoms with Crippen molar-refractivity contribution in [2.24, 2.45) is 0 Å². The van der Waals surface area contributed by atoms with E-state index in [4.69, 9.17) is 25.8 Å². The molecule has 0 saturated carbocycles. The van der Waals surface area contributed by atoms with Gasteiger partial charge in [-0.3, -0.25) is 0 Å². The second-order valence-electron chi connectivity index (χ2n) is 10.0. The van der Waals surface area contributed by atoms with Crippen molar-refractivity contribution in [2.45, 2.75) is 50.7 Å². The first-order valence-corrected chi connectivity index (χ1v) is 12.5. The molecule has 36 heavy (non-hydrogen) atoms. The maximum absolute atomic E-state index is 12.9. The van der Waals surface area contributed by atoms with Crippen LogP contribution in [-0.4, -0.2) is 60.0 Å². The highest BCUT2D eigenvalue weighted by molar-refractivity contribution is 6.17. The van der Waals surface area contributed by atoms with E-state index in [1.165, 1.54) is 4.90 Å². The van der Waals surface area contributed by atoms with Crippen LogP contribution in [0, 0.1) is 0 Å². The van der Waals surface area contributed by atoms with Gasteiger partial charge in [0.25, 0.3) is 0 Å². The first kappa shape index (κ1) is 25.8. The Kier molecular flexibility index (Phi) is 7.45. The molecule has 1 aliphatic carbocycles. The molecule has 9 heteroatoms. The predicted molar refractivity (Wildman–Crippen MR) is 135 cm³/mol. The molecule has 8 nitrogen and oxygen atoms in total. The van der Waals surface area contributed by atoms with Crippen molar-refractivity contribution < 1.29 is 28.6 Å². The second kappa shape index (κ2) is 10.4. The Balaban J connectivity index is 1.40. The van der Waals surface area contributed by atoms with Crippen molar-refractivity contribution in [3.8, 4) is 11.1 Å². The SMILES string of the molecule is CC(C)(C)OC(=O)NC1(C(=O)OCCl)CCN(C(=O)OCC2c3ccccc3-c3ccccc32)CC1. The highest BCUT2D eigenvalue weighted by atomic mass is 35.5. The van der Waals surface area contributed by atoms with Gasteiger partial charge in [-0.1, -0.05) is 60.1 Å². The van der Waals surface area contributed by atoms with Crippen LogP contribution in [0.2, 0.25) is 0 Å². The Labute approximate surface area is 215 Å². The van der Waals surface area contributed by atoms with E-state index in [0.717, 1.165) is 22.3 Å². The molecular weight excluding hydrogens is 484 g/mol. The van der Waals surface area contributed by atoms with Crippen LogP contribution in [0.5, 0.6) is 0 Å². The van der Waals surface area contributed by atoms with Gasteiger partial charge in [-0.2, -0.15) is 0 Å². The fourth-order valence-electron chi connectivity index (χ4n) is 4.82. The summed E-state index contributed by atoms with van der Waals surface area (Å²) in [6.45, 7) is 5.80. The first-order valence-electron chi connectivity index (χ1n) is 12.0. The van der Waals surface area contributed by atoms with E-state index in [-0.39, 0.29) is 44.5 Å². The van der Waals surface area contributed by atoms with E-state index < -0.39 is 29.3 Å². The number of alkyl halides is 1. The molecule has 2 amide bonds. The largest absolute Gasteiger partial charge is 0.448 e. The lowest BCUT2D eigenvalue weighted by Gasteiger charge is -2.39. The van der Waals surface area contributed by atoms with Gasteiger partial charge in [0.2, 0.25) is 0 Å². The number of nitrogens with one attached hydrogen (secondary N) is 1. The van der Waals surface area contributed by atoms with Gasteiger partial charge in [-0.05, 0) is 55.9 Å². The standard InChI is InChI=1S/C27H31ClN2O6/c1-26(2,3)36-24(32)29-27(23(31)35-17-28)12-14-30(15-13-27)25(33)34-16-22-20-10-6-4-8-18(20)19-9-5-7-11-21(19)22/h4-11,22H,12-17H2,1-3H3,(H,29,32). The lowest BCUT2D eigenvalue weighted by atomic mass is 9.87. The summed E-state index contributed by atoms with van der Waals surface area (Å²) in [5.41, 5.74) is 2.51. The number of fused-ring (bicyclic) bond motifs is 3. The van der Waals surface area contributed by atoms with Crippen molar-refractivity contribution in [1.82, 2.24) is 10.2 Å². The molecule has 192 valence electrons. The number of benzene rings is 2. The van der Waals surface area contributed by atoms with E-state index in [9.17, 15) is 14.4 Å².